The van der Waals surface area contributed by atoms with E-state index in [0.29, 0.717) is 12.3 Å². The van der Waals surface area contributed by atoms with Crippen LogP contribution in [0, 0.1) is 5.92 Å². The van der Waals surface area contributed by atoms with Crippen LogP contribution in [0.3, 0.4) is 0 Å². The summed E-state index contributed by atoms with van der Waals surface area (Å²) in [7, 11) is 0. The Kier molecular flexibility index (Phi) is 1.52. The fourth-order valence-electron chi connectivity index (χ4n) is 2.45. The van der Waals surface area contributed by atoms with Crippen LogP contribution < -0.4 is 0 Å². The number of ether oxygens (including phenoxy) is 1. The van der Waals surface area contributed by atoms with Crippen molar-refractivity contribution in [3.63, 3.8) is 0 Å². The monoisotopic (exact) mass is 191 g/mol. The number of aromatic amines is 1. The van der Waals surface area contributed by atoms with E-state index in [9.17, 15) is 4.79 Å². The summed E-state index contributed by atoms with van der Waals surface area (Å²) in [4.78, 5) is 14.6. The molecule has 1 aromatic heterocycles. The van der Waals surface area contributed by atoms with E-state index in [0.717, 1.165) is 18.3 Å². The molecule has 0 spiro atoms. The van der Waals surface area contributed by atoms with Gasteiger partial charge in [-0.3, -0.25) is 0 Å². The summed E-state index contributed by atoms with van der Waals surface area (Å²) < 4.78 is 4.94. The first-order valence-corrected chi connectivity index (χ1v) is 5.18. The van der Waals surface area contributed by atoms with Gasteiger partial charge in [-0.15, -0.1) is 0 Å². The molecule has 74 valence electrons. The molecular formula is C11H13NO2. The number of rotatable bonds is 2. The molecule has 1 N–H and O–H groups in total. The summed E-state index contributed by atoms with van der Waals surface area (Å²) in [6, 6.07) is 1.98. The Morgan fingerprint density at radius 2 is 2.57 bits per heavy atom. The number of aromatic nitrogens is 1. The SMILES string of the molecule is CCOC(=O)c1cc2c([nH]1)CC1CC21. The third-order valence-corrected chi connectivity index (χ3v) is 3.22. The highest BCUT2D eigenvalue weighted by molar-refractivity contribution is 5.88. The molecule has 2 atom stereocenters. The van der Waals surface area contributed by atoms with Gasteiger partial charge in [-0.05, 0) is 43.2 Å². The minimum atomic E-state index is -0.223. The topological polar surface area (TPSA) is 42.1 Å². The van der Waals surface area contributed by atoms with Gasteiger partial charge in [0.2, 0.25) is 0 Å². The van der Waals surface area contributed by atoms with E-state index in [2.05, 4.69) is 4.98 Å². The molecule has 0 aliphatic heterocycles. The second-order valence-electron chi connectivity index (χ2n) is 4.14. The van der Waals surface area contributed by atoms with Crippen molar-refractivity contribution in [2.24, 2.45) is 5.92 Å². The molecule has 1 aromatic rings. The highest BCUT2D eigenvalue weighted by Gasteiger charge is 2.46. The van der Waals surface area contributed by atoms with Crippen molar-refractivity contribution in [2.45, 2.75) is 25.7 Å². The molecule has 3 heteroatoms. The summed E-state index contributed by atoms with van der Waals surface area (Å²) >= 11 is 0. The highest BCUT2D eigenvalue weighted by Crippen LogP contribution is 2.56. The van der Waals surface area contributed by atoms with E-state index < -0.39 is 0 Å². The second kappa shape index (κ2) is 2.62. The summed E-state index contributed by atoms with van der Waals surface area (Å²) in [5.74, 6) is 1.39. The van der Waals surface area contributed by atoms with Crippen LogP contribution in [0.25, 0.3) is 0 Å². The van der Waals surface area contributed by atoms with Crippen molar-refractivity contribution in [1.82, 2.24) is 4.98 Å². The lowest BCUT2D eigenvalue weighted by atomic mass is 10.2. The molecule has 1 fully saturated rings. The molecule has 2 aliphatic carbocycles. The van der Waals surface area contributed by atoms with Crippen molar-refractivity contribution in [3.8, 4) is 0 Å². The average Bonchev–Trinajstić information content (AvgIpc) is 2.67. The lowest BCUT2D eigenvalue weighted by Crippen LogP contribution is -2.05. The van der Waals surface area contributed by atoms with Crippen LogP contribution in [-0.2, 0) is 11.2 Å². The molecule has 0 amide bonds. The molecule has 2 unspecified atom stereocenters. The molecule has 14 heavy (non-hydrogen) atoms. The Morgan fingerprint density at radius 3 is 3.29 bits per heavy atom. The number of carbonyl (C=O) groups is 1. The number of hydrogen-bond acceptors (Lipinski definition) is 2. The first-order valence-electron chi connectivity index (χ1n) is 5.18. The van der Waals surface area contributed by atoms with Gasteiger partial charge in [0.15, 0.2) is 0 Å². The van der Waals surface area contributed by atoms with Gasteiger partial charge < -0.3 is 9.72 Å². The lowest BCUT2D eigenvalue weighted by molar-refractivity contribution is 0.0520. The van der Waals surface area contributed by atoms with E-state index in [1.165, 1.54) is 17.7 Å². The van der Waals surface area contributed by atoms with Gasteiger partial charge >= 0.3 is 5.97 Å². The van der Waals surface area contributed by atoms with E-state index in [1.807, 2.05) is 13.0 Å². The summed E-state index contributed by atoms with van der Waals surface area (Å²) in [6.07, 6.45) is 2.44. The number of esters is 1. The quantitative estimate of drug-likeness (QED) is 0.725. The van der Waals surface area contributed by atoms with Gasteiger partial charge in [-0.2, -0.15) is 0 Å². The Balaban J connectivity index is 1.87. The molecule has 0 bridgehead atoms. The molecule has 0 radical (unpaired) electrons. The Morgan fingerprint density at radius 1 is 1.71 bits per heavy atom. The van der Waals surface area contributed by atoms with E-state index in [-0.39, 0.29) is 5.97 Å². The fourth-order valence-corrected chi connectivity index (χ4v) is 2.45. The Labute approximate surface area is 82.5 Å². The third kappa shape index (κ3) is 1.01. The van der Waals surface area contributed by atoms with Crippen LogP contribution in [0.15, 0.2) is 6.07 Å². The van der Waals surface area contributed by atoms with Gasteiger partial charge in [-0.1, -0.05) is 0 Å². The largest absolute Gasteiger partial charge is 0.461 e. The first kappa shape index (κ1) is 8.09. The fraction of sp³-hybridized carbons (Fsp3) is 0.545. The van der Waals surface area contributed by atoms with Crippen LogP contribution >= 0.6 is 0 Å². The van der Waals surface area contributed by atoms with E-state index in [4.69, 9.17) is 4.74 Å². The number of hydrogen-bond donors (Lipinski definition) is 1. The third-order valence-electron chi connectivity index (χ3n) is 3.22. The average molecular weight is 191 g/mol. The van der Waals surface area contributed by atoms with Gasteiger partial charge in [-0.25, -0.2) is 4.79 Å². The summed E-state index contributed by atoms with van der Waals surface area (Å²) in [5, 5.41) is 0. The molecule has 0 aromatic carbocycles. The van der Waals surface area contributed by atoms with Gasteiger partial charge in [0.05, 0.1) is 6.61 Å². The van der Waals surface area contributed by atoms with E-state index in [1.54, 1.807) is 0 Å². The summed E-state index contributed by atoms with van der Waals surface area (Å²) in [6.45, 7) is 2.26. The molecule has 2 aliphatic rings. The molecule has 3 nitrogen and oxygen atoms in total. The van der Waals surface area contributed by atoms with Gasteiger partial charge in [0, 0.05) is 5.69 Å². The van der Waals surface area contributed by atoms with Crippen molar-refractivity contribution >= 4 is 5.97 Å². The van der Waals surface area contributed by atoms with Crippen molar-refractivity contribution in [2.75, 3.05) is 6.61 Å². The van der Waals surface area contributed by atoms with Gasteiger partial charge in [0.1, 0.15) is 5.69 Å². The normalized spacial score (nSPS) is 26.9. The molecular weight excluding hydrogens is 178 g/mol. The van der Waals surface area contributed by atoms with Crippen LogP contribution in [0.5, 0.6) is 0 Å². The van der Waals surface area contributed by atoms with Crippen LogP contribution in [0.2, 0.25) is 0 Å². The van der Waals surface area contributed by atoms with Crippen molar-refractivity contribution < 1.29 is 9.53 Å². The maximum atomic E-state index is 11.4. The van der Waals surface area contributed by atoms with Crippen molar-refractivity contribution in [1.29, 1.82) is 0 Å². The Hall–Kier alpha value is -1.25. The Bertz CT molecular complexity index is 394. The molecule has 1 saturated carbocycles. The van der Waals surface area contributed by atoms with E-state index >= 15 is 0 Å². The maximum Gasteiger partial charge on any atom is 0.354 e. The predicted octanol–water partition coefficient (Wildman–Crippen LogP) is 1.85. The number of nitrogens with one attached hydrogen (secondary N) is 1. The predicted molar refractivity (Wildman–Crippen MR) is 51.3 cm³/mol. The highest BCUT2D eigenvalue weighted by atomic mass is 16.5. The lowest BCUT2D eigenvalue weighted by Gasteiger charge is -1.98. The smallest absolute Gasteiger partial charge is 0.354 e. The zero-order chi connectivity index (χ0) is 9.71. The maximum absolute atomic E-state index is 11.4. The summed E-state index contributed by atoms with van der Waals surface area (Å²) in [5.41, 5.74) is 3.24. The molecule has 3 rings (SSSR count). The molecule has 0 saturated heterocycles. The number of carbonyl (C=O) groups excluding carboxylic acids is 1. The zero-order valence-corrected chi connectivity index (χ0v) is 8.17. The molecule has 1 heterocycles. The van der Waals surface area contributed by atoms with Crippen molar-refractivity contribution in [3.05, 3.63) is 23.0 Å². The van der Waals surface area contributed by atoms with Crippen LogP contribution in [0.4, 0.5) is 0 Å². The van der Waals surface area contributed by atoms with Crippen LogP contribution in [-0.4, -0.2) is 17.6 Å². The van der Waals surface area contributed by atoms with Crippen LogP contribution in [0.1, 0.15) is 41.0 Å². The first-order chi connectivity index (χ1) is 6.79. The number of fused-ring (bicyclic) bond motifs is 3. The zero-order valence-electron chi connectivity index (χ0n) is 8.17. The number of H-pyrrole nitrogens is 1. The standard InChI is InChI=1S/C11H13NO2/c1-2-14-11(13)10-5-8-7-3-6(7)4-9(8)12-10/h5-7,12H,2-4H2,1H3. The minimum absolute atomic E-state index is 0.223. The second-order valence-corrected chi connectivity index (χ2v) is 4.14. The van der Waals surface area contributed by atoms with Gasteiger partial charge in [0.25, 0.3) is 0 Å². The minimum Gasteiger partial charge on any atom is -0.461 e.